The number of aliphatic imine (C=N–C) groups is 1. The summed E-state index contributed by atoms with van der Waals surface area (Å²) in [6.45, 7) is 10.2. The highest BCUT2D eigenvalue weighted by atomic mass is 127. The van der Waals surface area contributed by atoms with E-state index < -0.39 is 0 Å². The number of piperidine rings is 1. The van der Waals surface area contributed by atoms with Crippen molar-refractivity contribution in [2.24, 2.45) is 4.99 Å². The first-order chi connectivity index (χ1) is 14.5. The Labute approximate surface area is 202 Å². The fourth-order valence-corrected chi connectivity index (χ4v) is 3.54. The van der Waals surface area contributed by atoms with Gasteiger partial charge in [0.25, 0.3) is 5.91 Å². The number of nitrogens with one attached hydrogen (secondary N) is 3. The third kappa shape index (κ3) is 7.84. The average Bonchev–Trinajstić information content (AvgIpc) is 3.29. The Balaban J connectivity index is 0.00000341. The molecule has 1 aromatic heterocycles. The largest absolute Gasteiger partial charge is 0.459 e. The van der Waals surface area contributed by atoms with Gasteiger partial charge in [-0.25, -0.2) is 4.99 Å². The van der Waals surface area contributed by atoms with Gasteiger partial charge >= 0.3 is 0 Å². The van der Waals surface area contributed by atoms with E-state index in [1.54, 1.807) is 12.1 Å². The van der Waals surface area contributed by atoms with Crippen LogP contribution in [0.4, 0.5) is 5.69 Å². The minimum atomic E-state index is -0.257. The molecule has 2 heterocycles. The Bertz CT molecular complexity index is 813. The van der Waals surface area contributed by atoms with Gasteiger partial charge in [-0.15, -0.1) is 24.0 Å². The highest BCUT2D eigenvalue weighted by molar-refractivity contribution is 14.0. The van der Waals surface area contributed by atoms with Gasteiger partial charge in [0, 0.05) is 37.4 Å². The number of carbonyl (C=O) groups excluding carboxylic acids is 1. The maximum Gasteiger partial charge on any atom is 0.291 e. The first-order valence-corrected chi connectivity index (χ1v) is 10.8. The molecule has 8 heteroatoms. The quantitative estimate of drug-likeness (QED) is 0.281. The Morgan fingerprint density at radius 1 is 1.19 bits per heavy atom. The second-order valence-corrected chi connectivity index (χ2v) is 7.87. The molecule has 0 saturated carbocycles. The Kier molecular flexibility index (Phi) is 10.3. The number of likely N-dealkylation sites (tertiary alicyclic amines) is 1. The summed E-state index contributed by atoms with van der Waals surface area (Å²) in [6, 6.07) is 12.1. The maximum atomic E-state index is 12.0. The number of halogens is 1. The van der Waals surface area contributed by atoms with E-state index in [1.165, 1.54) is 6.26 Å². The van der Waals surface area contributed by atoms with Crippen molar-refractivity contribution in [1.82, 2.24) is 15.5 Å². The molecule has 0 radical (unpaired) electrons. The molecule has 2 aromatic rings. The zero-order valence-electron chi connectivity index (χ0n) is 18.6. The van der Waals surface area contributed by atoms with Gasteiger partial charge in [0.2, 0.25) is 0 Å². The number of rotatable bonds is 7. The summed E-state index contributed by atoms with van der Waals surface area (Å²) in [4.78, 5) is 19.3. The zero-order chi connectivity index (χ0) is 21.3. The van der Waals surface area contributed by atoms with E-state index in [9.17, 15) is 4.79 Å². The zero-order valence-corrected chi connectivity index (χ0v) is 20.9. The second kappa shape index (κ2) is 12.7. The molecule has 0 bridgehead atoms. The standard InChI is InChI=1S/C23H33N5O2.HI/c1-4-24-23(27-20-11-13-28(14-12-20)17(2)3)25-16-18-7-9-19(10-8-18)26-22(29)21-6-5-15-30-21;/h5-10,15,17,20H,4,11-14,16H2,1-3H3,(H,26,29)(H2,24,25,27);1H. The molecule has 0 spiro atoms. The number of benzene rings is 1. The third-order valence-corrected chi connectivity index (χ3v) is 5.32. The number of hydrogen-bond acceptors (Lipinski definition) is 4. The fraction of sp³-hybridized carbons (Fsp3) is 0.478. The van der Waals surface area contributed by atoms with Gasteiger partial charge in [0.15, 0.2) is 11.7 Å². The summed E-state index contributed by atoms with van der Waals surface area (Å²) in [5.74, 6) is 0.896. The lowest BCUT2D eigenvalue weighted by Crippen LogP contribution is -2.49. The van der Waals surface area contributed by atoms with Crippen LogP contribution in [0.2, 0.25) is 0 Å². The van der Waals surface area contributed by atoms with Crippen LogP contribution in [0.15, 0.2) is 52.1 Å². The van der Waals surface area contributed by atoms with Crippen LogP contribution >= 0.6 is 24.0 Å². The van der Waals surface area contributed by atoms with Crippen molar-refractivity contribution in [3.63, 3.8) is 0 Å². The minimum absolute atomic E-state index is 0. The van der Waals surface area contributed by atoms with E-state index in [4.69, 9.17) is 9.41 Å². The molecule has 1 amide bonds. The number of guanidine groups is 1. The molecule has 1 aliphatic heterocycles. The first-order valence-electron chi connectivity index (χ1n) is 10.8. The molecular weight excluding hydrogens is 505 g/mol. The smallest absolute Gasteiger partial charge is 0.291 e. The Morgan fingerprint density at radius 3 is 2.48 bits per heavy atom. The molecule has 1 fully saturated rings. The van der Waals surface area contributed by atoms with Crippen LogP contribution in [0.1, 0.15) is 49.7 Å². The van der Waals surface area contributed by atoms with Crippen LogP contribution in [-0.4, -0.2) is 48.5 Å². The summed E-state index contributed by atoms with van der Waals surface area (Å²) in [7, 11) is 0. The van der Waals surface area contributed by atoms with Crippen LogP contribution < -0.4 is 16.0 Å². The number of amides is 1. The van der Waals surface area contributed by atoms with Crippen molar-refractivity contribution in [3.8, 4) is 0 Å². The maximum absolute atomic E-state index is 12.0. The van der Waals surface area contributed by atoms with Gasteiger partial charge < -0.3 is 25.3 Å². The van der Waals surface area contributed by atoms with E-state index >= 15 is 0 Å². The summed E-state index contributed by atoms with van der Waals surface area (Å²) < 4.78 is 5.11. The molecule has 1 saturated heterocycles. The summed E-state index contributed by atoms with van der Waals surface area (Å²) in [5, 5.41) is 9.75. The van der Waals surface area contributed by atoms with E-state index in [2.05, 4.69) is 41.6 Å². The number of carbonyl (C=O) groups is 1. The second-order valence-electron chi connectivity index (χ2n) is 7.87. The van der Waals surface area contributed by atoms with Crippen LogP contribution in [0.25, 0.3) is 0 Å². The minimum Gasteiger partial charge on any atom is -0.459 e. The Hall–Kier alpha value is -2.07. The summed E-state index contributed by atoms with van der Waals surface area (Å²) >= 11 is 0. The van der Waals surface area contributed by atoms with Crippen LogP contribution in [-0.2, 0) is 6.54 Å². The van der Waals surface area contributed by atoms with Crippen molar-refractivity contribution in [2.45, 2.75) is 52.2 Å². The molecule has 3 rings (SSSR count). The van der Waals surface area contributed by atoms with Gasteiger partial charge in [0.05, 0.1) is 12.8 Å². The first kappa shape index (κ1) is 25.2. The summed E-state index contributed by atoms with van der Waals surface area (Å²) in [5.41, 5.74) is 1.81. The normalized spacial score (nSPS) is 15.4. The Morgan fingerprint density at radius 2 is 1.90 bits per heavy atom. The predicted octanol–water partition coefficient (Wildman–Crippen LogP) is 4.08. The monoisotopic (exact) mass is 539 g/mol. The molecule has 0 atom stereocenters. The summed E-state index contributed by atoms with van der Waals surface area (Å²) in [6.07, 6.45) is 3.75. The van der Waals surface area contributed by atoms with E-state index in [0.29, 0.717) is 24.4 Å². The molecule has 7 nitrogen and oxygen atoms in total. The SMILES string of the molecule is CCNC(=NCc1ccc(NC(=O)c2ccco2)cc1)NC1CCN(C(C)C)CC1.I. The van der Waals surface area contributed by atoms with Gasteiger partial charge in [-0.05, 0) is 63.4 Å². The lowest BCUT2D eigenvalue weighted by Gasteiger charge is -2.35. The van der Waals surface area contributed by atoms with Crippen molar-refractivity contribution in [1.29, 1.82) is 0 Å². The molecule has 31 heavy (non-hydrogen) atoms. The molecule has 1 aliphatic rings. The van der Waals surface area contributed by atoms with Crippen molar-refractivity contribution >= 4 is 41.5 Å². The number of hydrogen-bond donors (Lipinski definition) is 3. The predicted molar refractivity (Wildman–Crippen MR) is 136 cm³/mol. The molecule has 1 aromatic carbocycles. The van der Waals surface area contributed by atoms with Crippen LogP contribution in [0, 0.1) is 0 Å². The average molecular weight is 539 g/mol. The van der Waals surface area contributed by atoms with E-state index in [1.807, 2.05) is 24.3 Å². The van der Waals surface area contributed by atoms with Gasteiger partial charge in [-0.3, -0.25) is 4.79 Å². The lowest BCUT2D eigenvalue weighted by atomic mass is 10.0. The van der Waals surface area contributed by atoms with Crippen molar-refractivity contribution in [2.75, 3.05) is 25.0 Å². The third-order valence-electron chi connectivity index (χ3n) is 5.32. The molecule has 0 unspecified atom stereocenters. The van der Waals surface area contributed by atoms with Crippen LogP contribution in [0.3, 0.4) is 0 Å². The lowest BCUT2D eigenvalue weighted by molar-refractivity contribution is 0.0996. The molecule has 170 valence electrons. The number of nitrogens with zero attached hydrogens (tertiary/aromatic N) is 2. The topological polar surface area (TPSA) is 81.9 Å². The molecular formula is C23H34IN5O2. The van der Waals surface area contributed by atoms with Crippen molar-refractivity contribution in [3.05, 3.63) is 54.0 Å². The van der Waals surface area contributed by atoms with Crippen molar-refractivity contribution < 1.29 is 9.21 Å². The highest BCUT2D eigenvalue weighted by Gasteiger charge is 2.21. The van der Waals surface area contributed by atoms with Crippen LogP contribution in [0.5, 0.6) is 0 Å². The van der Waals surface area contributed by atoms with Gasteiger partial charge in [-0.2, -0.15) is 0 Å². The van der Waals surface area contributed by atoms with Gasteiger partial charge in [-0.1, -0.05) is 12.1 Å². The van der Waals surface area contributed by atoms with Gasteiger partial charge in [0.1, 0.15) is 0 Å². The molecule has 3 N–H and O–H groups in total. The van der Waals surface area contributed by atoms with E-state index in [0.717, 1.165) is 49.7 Å². The number of anilines is 1. The fourth-order valence-electron chi connectivity index (χ4n) is 3.54. The number of furan rings is 1. The highest BCUT2D eigenvalue weighted by Crippen LogP contribution is 2.14. The molecule has 0 aliphatic carbocycles. The van der Waals surface area contributed by atoms with E-state index in [-0.39, 0.29) is 29.9 Å².